The lowest BCUT2D eigenvalue weighted by Crippen LogP contribution is -2.43. The Morgan fingerprint density at radius 2 is 2.14 bits per heavy atom. The van der Waals surface area contributed by atoms with Crippen molar-refractivity contribution >= 4 is 5.91 Å². The molecule has 1 aliphatic rings. The molecule has 6 nitrogen and oxygen atoms in total. The SMILES string of the molecule is COCC(N)C(=O)NCc1cccc(CN2CCOCC2)c1. The molecule has 2 rings (SSSR count). The first-order valence-electron chi connectivity index (χ1n) is 7.59. The van der Waals surface area contributed by atoms with Crippen LogP contribution in [0.1, 0.15) is 11.1 Å². The van der Waals surface area contributed by atoms with Gasteiger partial charge in [0.05, 0.1) is 19.8 Å². The van der Waals surface area contributed by atoms with Crippen LogP contribution in [0.15, 0.2) is 24.3 Å². The van der Waals surface area contributed by atoms with Crippen molar-refractivity contribution in [1.82, 2.24) is 10.2 Å². The van der Waals surface area contributed by atoms with Crippen LogP contribution in [0.5, 0.6) is 0 Å². The number of amides is 1. The summed E-state index contributed by atoms with van der Waals surface area (Å²) in [4.78, 5) is 14.1. The molecular formula is C16H25N3O3. The van der Waals surface area contributed by atoms with Gasteiger partial charge in [0.1, 0.15) is 6.04 Å². The number of nitrogens with two attached hydrogens (primary N) is 1. The van der Waals surface area contributed by atoms with Gasteiger partial charge in [-0.2, -0.15) is 0 Å². The van der Waals surface area contributed by atoms with Gasteiger partial charge in [0.25, 0.3) is 0 Å². The van der Waals surface area contributed by atoms with Crippen molar-refractivity contribution in [3.63, 3.8) is 0 Å². The number of ether oxygens (including phenoxy) is 2. The first-order chi connectivity index (χ1) is 10.7. The first-order valence-corrected chi connectivity index (χ1v) is 7.59. The molecule has 1 fully saturated rings. The third-order valence-electron chi connectivity index (χ3n) is 3.65. The molecule has 1 heterocycles. The number of nitrogens with zero attached hydrogens (tertiary/aromatic N) is 1. The molecule has 0 saturated carbocycles. The van der Waals surface area contributed by atoms with Crippen LogP contribution in [0.4, 0.5) is 0 Å². The van der Waals surface area contributed by atoms with E-state index in [1.54, 1.807) is 0 Å². The number of nitrogens with one attached hydrogen (secondary N) is 1. The summed E-state index contributed by atoms with van der Waals surface area (Å²) < 4.78 is 10.2. The molecule has 0 aliphatic carbocycles. The minimum absolute atomic E-state index is 0.194. The lowest BCUT2D eigenvalue weighted by molar-refractivity contribution is -0.123. The fourth-order valence-corrected chi connectivity index (χ4v) is 2.43. The number of hydrogen-bond acceptors (Lipinski definition) is 5. The van der Waals surface area contributed by atoms with Crippen molar-refractivity contribution in [3.8, 4) is 0 Å². The van der Waals surface area contributed by atoms with Crippen molar-refractivity contribution < 1.29 is 14.3 Å². The molecule has 3 N–H and O–H groups in total. The molecule has 0 bridgehead atoms. The molecule has 1 atom stereocenters. The maximum Gasteiger partial charge on any atom is 0.239 e. The fourth-order valence-electron chi connectivity index (χ4n) is 2.43. The summed E-state index contributed by atoms with van der Waals surface area (Å²) in [6.07, 6.45) is 0. The zero-order chi connectivity index (χ0) is 15.8. The van der Waals surface area contributed by atoms with Gasteiger partial charge in [-0.1, -0.05) is 24.3 Å². The third-order valence-corrected chi connectivity index (χ3v) is 3.65. The summed E-state index contributed by atoms with van der Waals surface area (Å²) in [6.45, 7) is 5.14. The molecule has 6 heteroatoms. The van der Waals surface area contributed by atoms with Gasteiger partial charge in [-0.15, -0.1) is 0 Å². The predicted molar refractivity (Wildman–Crippen MR) is 84.2 cm³/mol. The number of carbonyl (C=O) groups excluding carboxylic acids is 1. The highest BCUT2D eigenvalue weighted by Crippen LogP contribution is 2.10. The second-order valence-corrected chi connectivity index (χ2v) is 5.49. The van der Waals surface area contributed by atoms with Crippen molar-refractivity contribution in [2.75, 3.05) is 40.0 Å². The molecule has 1 amide bonds. The van der Waals surface area contributed by atoms with Gasteiger partial charge >= 0.3 is 0 Å². The van der Waals surface area contributed by atoms with Crippen LogP contribution in [0.2, 0.25) is 0 Å². The summed E-state index contributed by atoms with van der Waals surface area (Å²) in [6, 6.07) is 7.63. The topological polar surface area (TPSA) is 76.8 Å². The largest absolute Gasteiger partial charge is 0.383 e. The Kier molecular flexibility index (Phi) is 6.79. The minimum atomic E-state index is -0.624. The van der Waals surface area contributed by atoms with Gasteiger partial charge in [0, 0.05) is 33.3 Å². The Labute approximate surface area is 131 Å². The number of hydrogen-bond donors (Lipinski definition) is 2. The minimum Gasteiger partial charge on any atom is -0.383 e. The number of rotatable bonds is 7. The number of benzene rings is 1. The van der Waals surface area contributed by atoms with Crippen molar-refractivity contribution in [2.45, 2.75) is 19.1 Å². The lowest BCUT2D eigenvalue weighted by Gasteiger charge is -2.26. The molecule has 1 unspecified atom stereocenters. The van der Waals surface area contributed by atoms with Crippen LogP contribution in [-0.4, -0.2) is 56.9 Å². The Bertz CT molecular complexity index is 475. The quantitative estimate of drug-likeness (QED) is 0.748. The van der Waals surface area contributed by atoms with Gasteiger partial charge in [-0.05, 0) is 11.1 Å². The average Bonchev–Trinajstić information content (AvgIpc) is 2.54. The van der Waals surface area contributed by atoms with Crippen LogP contribution in [0, 0.1) is 0 Å². The maximum atomic E-state index is 11.8. The van der Waals surface area contributed by atoms with Crippen LogP contribution in [0.3, 0.4) is 0 Å². The normalized spacial score (nSPS) is 17.2. The summed E-state index contributed by atoms with van der Waals surface area (Å²) in [7, 11) is 1.53. The van der Waals surface area contributed by atoms with Gasteiger partial charge in [-0.25, -0.2) is 0 Å². The smallest absolute Gasteiger partial charge is 0.239 e. The molecular weight excluding hydrogens is 282 g/mol. The van der Waals surface area contributed by atoms with E-state index in [1.165, 1.54) is 12.7 Å². The molecule has 1 aliphatic heterocycles. The van der Waals surface area contributed by atoms with E-state index in [0.717, 1.165) is 38.4 Å². The Morgan fingerprint density at radius 3 is 2.86 bits per heavy atom. The van der Waals surface area contributed by atoms with E-state index in [2.05, 4.69) is 22.3 Å². The second kappa shape index (κ2) is 8.85. The zero-order valence-corrected chi connectivity index (χ0v) is 13.1. The van der Waals surface area contributed by atoms with E-state index >= 15 is 0 Å². The Hall–Kier alpha value is -1.47. The first kappa shape index (κ1) is 16.9. The third kappa shape index (κ3) is 5.38. The van der Waals surface area contributed by atoms with Crippen molar-refractivity contribution in [2.24, 2.45) is 5.73 Å². The molecule has 0 aromatic heterocycles. The molecule has 1 aromatic rings. The fraction of sp³-hybridized carbons (Fsp3) is 0.562. The standard InChI is InChI=1S/C16H25N3O3/c1-21-12-15(17)16(20)18-10-13-3-2-4-14(9-13)11-19-5-7-22-8-6-19/h2-4,9,15H,5-8,10-12,17H2,1H3,(H,18,20). The molecule has 0 radical (unpaired) electrons. The molecule has 22 heavy (non-hydrogen) atoms. The zero-order valence-electron chi connectivity index (χ0n) is 13.1. The summed E-state index contributed by atoms with van der Waals surface area (Å²) in [5, 5.41) is 2.84. The van der Waals surface area contributed by atoms with Crippen molar-refractivity contribution in [3.05, 3.63) is 35.4 Å². The van der Waals surface area contributed by atoms with E-state index < -0.39 is 6.04 Å². The van der Waals surface area contributed by atoms with E-state index in [-0.39, 0.29) is 12.5 Å². The highest BCUT2D eigenvalue weighted by Gasteiger charge is 2.13. The van der Waals surface area contributed by atoms with Crippen LogP contribution in [0.25, 0.3) is 0 Å². The Morgan fingerprint density at radius 1 is 1.41 bits per heavy atom. The lowest BCUT2D eigenvalue weighted by atomic mass is 10.1. The molecule has 1 aromatic carbocycles. The number of morpholine rings is 1. The Balaban J connectivity index is 1.84. The highest BCUT2D eigenvalue weighted by atomic mass is 16.5. The van der Waals surface area contributed by atoms with E-state index in [1.807, 2.05) is 12.1 Å². The highest BCUT2D eigenvalue weighted by molar-refractivity contribution is 5.81. The van der Waals surface area contributed by atoms with Crippen LogP contribution < -0.4 is 11.1 Å². The maximum absolute atomic E-state index is 11.8. The number of carbonyl (C=O) groups is 1. The van der Waals surface area contributed by atoms with Crippen molar-refractivity contribution in [1.29, 1.82) is 0 Å². The van der Waals surface area contributed by atoms with Gasteiger partial charge in [0.2, 0.25) is 5.91 Å². The van der Waals surface area contributed by atoms with Gasteiger partial charge < -0.3 is 20.5 Å². The van der Waals surface area contributed by atoms with Crippen LogP contribution >= 0.6 is 0 Å². The predicted octanol–water partition coefficient (Wildman–Crippen LogP) is 0.109. The summed E-state index contributed by atoms with van der Waals surface area (Å²) in [5.41, 5.74) is 8.01. The van der Waals surface area contributed by atoms with Crippen LogP contribution in [-0.2, 0) is 27.4 Å². The molecule has 0 spiro atoms. The van der Waals surface area contributed by atoms with E-state index in [9.17, 15) is 4.79 Å². The van der Waals surface area contributed by atoms with E-state index in [4.69, 9.17) is 15.2 Å². The average molecular weight is 307 g/mol. The summed E-state index contributed by atoms with van der Waals surface area (Å²) in [5.74, 6) is -0.194. The van der Waals surface area contributed by atoms with Gasteiger partial charge in [-0.3, -0.25) is 9.69 Å². The monoisotopic (exact) mass is 307 g/mol. The number of methoxy groups -OCH3 is 1. The molecule has 122 valence electrons. The van der Waals surface area contributed by atoms with E-state index in [0.29, 0.717) is 6.54 Å². The second-order valence-electron chi connectivity index (χ2n) is 5.49. The van der Waals surface area contributed by atoms with Gasteiger partial charge in [0.15, 0.2) is 0 Å². The summed E-state index contributed by atoms with van der Waals surface area (Å²) >= 11 is 0. The molecule has 1 saturated heterocycles.